The van der Waals surface area contributed by atoms with Crippen molar-refractivity contribution >= 4 is 17.0 Å². The van der Waals surface area contributed by atoms with Crippen molar-refractivity contribution < 1.29 is 14.0 Å². The number of ether oxygens (including phenoxy) is 2. The normalized spacial score (nSPS) is 13.1. The molecule has 0 fully saturated rings. The Morgan fingerprint density at radius 2 is 2.14 bits per heavy atom. The van der Waals surface area contributed by atoms with E-state index in [4.69, 9.17) is 14.0 Å². The van der Waals surface area contributed by atoms with E-state index in [2.05, 4.69) is 15.5 Å². The number of nitrogens with zero attached hydrogens (tertiary/aromatic N) is 2. The van der Waals surface area contributed by atoms with Crippen LogP contribution in [0.15, 0.2) is 39.5 Å². The van der Waals surface area contributed by atoms with Gasteiger partial charge in [-0.3, -0.25) is 0 Å². The van der Waals surface area contributed by atoms with Gasteiger partial charge < -0.3 is 19.3 Å². The van der Waals surface area contributed by atoms with Crippen LogP contribution in [0.25, 0.3) is 11.5 Å². The highest BCUT2D eigenvalue weighted by atomic mass is 32.1. The van der Waals surface area contributed by atoms with Gasteiger partial charge in [0.2, 0.25) is 0 Å². The van der Waals surface area contributed by atoms with E-state index in [-0.39, 0.29) is 0 Å². The molecular weight excluding hydrogens is 302 g/mol. The molecule has 1 aromatic carbocycles. The lowest BCUT2D eigenvalue weighted by Gasteiger charge is -2.21. The maximum absolute atomic E-state index is 5.66. The molecule has 4 rings (SSSR count). The number of aromatic nitrogens is 2. The second-order valence-electron chi connectivity index (χ2n) is 4.71. The first-order valence-corrected chi connectivity index (χ1v) is 7.82. The highest BCUT2D eigenvalue weighted by molar-refractivity contribution is 7.08. The minimum Gasteiger partial charge on any atom is -0.486 e. The molecule has 0 atom stereocenters. The van der Waals surface area contributed by atoms with Crippen LogP contribution < -0.4 is 14.8 Å². The van der Waals surface area contributed by atoms with Gasteiger partial charge in [0, 0.05) is 5.38 Å². The molecule has 2 aromatic heterocycles. The van der Waals surface area contributed by atoms with Gasteiger partial charge in [0.25, 0.3) is 5.89 Å². The topological polar surface area (TPSA) is 69.4 Å². The monoisotopic (exact) mass is 315 g/mol. The lowest BCUT2D eigenvalue weighted by atomic mass is 10.2. The molecule has 0 radical (unpaired) electrons. The summed E-state index contributed by atoms with van der Waals surface area (Å²) in [4.78, 5) is 4.37. The Labute approximate surface area is 130 Å². The van der Waals surface area contributed by atoms with Crippen LogP contribution in [0, 0.1) is 0 Å². The minimum absolute atomic E-state index is 0.452. The maximum Gasteiger partial charge on any atom is 0.258 e. The summed E-state index contributed by atoms with van der Waals surface area (Å²) in [6.07, 6.45) is 0. The molecule has 0 saturated heterocycles. The first-order chi connectivity index (χ1) is 10.9. The average Bonchev–Trinajstić information content (AvgIpc) is 3.24. The number of thiophene rings is 1. The van der Waals surface area contributed by atoms with Gasteiger partial charge in [-0.1, -0.05) is 11.2 Å². The molecule has 112 valence electrons. The molecule has 1 aliphatic rings. The second kappa shape index (κ2) is 5.69. The average molecular weight is 315 g/mol. The third-order valence-corrected chi connectivity index (χ3v) is 3.92. The summed E-state index contributed by atoms with van der Waals surface area (Å²) in [6.45, 7) is 1.58. The largest absolute Gasteiger partial charge is 0.486 e. The molecule has 6 nitrogen and oxygen atoms in total. The van der Waals surface area contributed by atoms with Gasteiger partial charge in [-0.2, -0.15) is 16.3 Å². The highest BCUT2D eigenvalue weighted by Gasteiger charge is 2.16. The number of nitrogens with one attached hydrogen (secondary N) is 1. The van der Waals surface area contributed by atoms with Gasteiger partial charge in [-0.05, 0) is 23.6 Å². The number of rotatable bonds is 4. The molecule has 0 saturated carbocycles. The number of hydrogen-bond acceptors (Lipinski definition) is 7. The summed E-state index contributed by atoms with van der Waals surface area (Å²) in [5.74, 6) is 2.61. The van der Waals surface area contributed by atoms with Crippen LogP contribution in [0.4, 0.5) is 5.69 Å². The predicted molar refractivity (Wildman–Crippen MR) is 82.4 cm³/mol. The Balaban J connectivity index is 1.49. The van der Waals surface area contributed by atoms with E-state index in [1.54, 1.807) is 11.3 Å². The Hall–Kier alpha value is -2.54. The number of fused-ring (bicyclic) bond motifs is 1. The van der Waals surface area contributed by atoms with E-state index >= 15 is 0 Å². The Morgan fingerprint density at radius 3 is 3.05 bits per heavy atom. The van der Waals surface area contributed by atoms with Crippen molar-refractivity contribution in [3.63, 3.8) is 0 Å². The van der Waals surface area contributed by atoms with Crippen molar-refractivity contribution in [1.82, 2.24) is 10.1 Å². The highest BCUT2D eigenvalue weighted by Crippen LogP contribution is 2.37. The van der Waals surface area contributed by atoms with Gasteiger partial charge in [0.05, 0.1) is 17.8 Å². The summed E-state index contributed by atoms with van der Waals surface area (Å²) in [7, 11) is 0. The van der Waals surface area contributed by atoms with Gasteiger partial charge in [-0.25, -0.2) is 0 Å². The molecule has 1 aliphatic heterocycles. The number of anilines is 1. The van der Waals surface area contributed by atoms with E-state index in [1.165, 1.54) is 0 Å². The minimum atomic E-state index is 0.452. The summed E-state index contributed by atoms with van der Waals surface area (Å²) in [6, 6.07) is 7.70. The summed E-state index contributed by atoms with van der Waals surface area (Å²) >= 11 is 1.60. The number of benzene rings is 1. The zero-order valence-electron chi connectivity index (χ0n) is 11.6. The zero-order valence-corrected chi connectivity index (χ0v) is 12.4. The Morgan fingerprint density at radius 1 is 1.18 bits per heavy atom. The zero-order chi connectivity index (χ0) is 14.8. The van der Waals surface area contributed by atoms with Crippen LogP contribution in [0.2, 0.25) is 0 Å². The second-order valence-corrected chi connectivity index (χ2v) is 5.49. The molecule has 3 aromatic rings. The van der Waals surface area contributed by atoms with Crippen molar-refractivity contribution in [1.29, 1.82) is 0 Å². The van der Waals surface area contributed by atoms with Gasteiger partial charge >= 0.3 is 0 Å². The first-order valence-electron chi connectivity index (χ1n) is 6.88. The third kappa shape index (κ3) is 2.50. The maximum atomic E-state index is 5.66. The quantitative estimate of drug-likeness (QED) is 0.797. The fourth-order valence-corrected chi connectivity index (χ4v) is 2.85. The molecule has 0 unspecified atom stereocenters. The van der Waals surface area contributed by atoms with Crippen molar-refractivity contribution in [2.24, 2.45) is 0 Å². The Kier molecular flexibility index (Phi) is 3.40. The molecule has 0 aliphatic carbocycles. The third-order valence-electron chi connectivity index (χ3n) is 3.24. The summed E-state index contributed by atoms with van der Waals surface area (Å²) in [5, 5.41) is 11.2. The first kappa shape index (κ1) is 13.1. The van der Waals surface area contributed by atoms with Gasteiger partial charge in [0.15, 0.2) is 17.3 Å². The molecule has 7 heteroatoms. The fourth-order valence-electron chi connectivity index (χ4n) is 2.22. The van der Waals surface area contributed by atoms with Crippen LogP contribution in [0.5, 0.6) is 11.5 Å². The lowest BCUT2D eigenvalue weighted by molar-refractivity contribution is 0.172. The van der Waals surface area contributed by atoms with E-state index in [0.29, 0.717) is 31.5 Å². The SMILES string of the molecule is c1cc(NCc2noc(-c3ccsc3)n2)c2c(c1)OCCO2. The standard InChI is InChI=1S/C15H13N3O3S/c1-2-11(14-12(3-1)19-5-6-20-14)16-8-13-17-15(21-18-13)10-4-7-22-9-10/h1-4,7,9,16H,5-6,8H2. The van der Waals surface area contributed by atoms with Gasteiger partial charge in [0.1, 0.15) is 13.2 Å². The van der Waals surface area contributed by atoms with Crippen LogP contribution in [0.1, 0.15) is 5.82 Å². The molecular formula is C15H13N3O3S. The molecule has 0 bridgehead atoms. The van der Waals surface area contributed by atoms with E-state index in [1.807, 2.05) is 35.0 Å². The fraction of sp³-hybridized carbons (Fsp3) is 0.200. The van der Waals surface area contributed by atoms with E-state index in [0.717, 1.165) is 22.7 Å². The van der Waals surface area contributed by atoms with Crippen molar-refractivity contribution in [3.8, 4) is 23.0 Å². The van der Waals surface area contributed by atoms with E-state index < -0.39 is 0 Å². The van der Waals surface area contributed by atoms with Gasteiger partial charge in [-0.15, -0.1) is 0 Å². The molecule has 1 N–H and O–H groups in total. The van der Waals surface area contributed by atoms with Crippen molar-refractivity contribution in [3.05, 3.63) is 40.8 Å². The molecule has 0 spiro atoms. The lowest BCUT2D eigenvalue weighted by Crippen LogP contribution is -2.16. The smallest absolute Gasteiger partial charge is 0.258 e. The van der Waals surface area contributed by atoms with Crippen molar-refractivity contribution in [2.45, 2.75) is 6.54 Å². The van der Waals surface area contributed by atoms with Crippen molar-refractivity contribution in [2.75, 3.05) is 18.5 Å². The van der Waals surface area contributed by atoms with Crippen LogP contribution in [-0.4, -0.2) is 23.4 Å². The Bertz CT molecular complexity index is 770. The predicted octanol–water partition coefficient (Wildman–Crippen LogP) is 3.18. The van der Waals surface area contributed by atoms with Crippen LogP contribution in [0.3, 0.4) is 0 Å². The molecule has 0 amide bonds. The summed E-state index contributed by atoms with van der Waals surface area (Å²) < 4.78 is 16.5. The molecule has 22 heavy (non-hydrogen) atoms. The number of hydrogen-bond donors (Lipinski definition) is 1. The van der Waals surface area contributed by atoms with Crippen LogP contribution in [-0.2, 0) is 6.54 Å². The summed E-state index contributed by atoms with van der Waals surface area (Å²) in [5.41, 5.74) is 1.80. The molecule has 3 heterocycles. The number of para-hydroxylation sites is 1. The van der Waals surface area contributed by atoms with Crippen LogP contribution >= 0.6 is 11.3 Å². The van der Waals surface area contributed by atoms with E-state index in [9.17, 15) is 0 Å².